The number of carbonyl (C=O) groups excluding carboxylic acids is 1. The number of rotatable bonds is 5. The van der Waals surface area contributed by atoms with Crippen LogP contribution in [0.15, 0.2) is 67.1 Å². The van der Waals surface area contributed by atoms with Crippen LogP contribution in [0.25, 0.3) is 22.0 Å². The minimum Gasteiger partial charge on any atom is -0.619 e. The van der Waals surface area contributed by atoms with Gasteiger partial charge < -0.3 is 10.5 Å². The van der Waals surface area contributed by atoms with E-state index >= 15 is 0 Å². The van der Waals surface area contributed by atoms with Crippen LogP contribution in [0.3, 0.4) is 0 Å². The van der Waals surface area contributed by atoms with E-state index in [1.165, 1.54) is 6.26 Å². The topological polar surface area (TPSA) is 103 Å². The average molecular weight is 530 g/mol. The number of sulfone groups is 1. The Morgan fingerprint density at radius 1 is 1.06 bits per heavy atom. The van der Waals surface area contributed by atoms with Crippen LogP contribution in [0.5, 0.6) is 0 Å². The summed E-state index contributed by atoms with van der Waals surface area (Å²) in [4.78, 5) is 17.5. The molecule has 0 atom stereocenters. The first-order chi connectivity index (χ1) is 16.4. The van der Waals surface area contributed by atoms with Gasteiger partial charge in [-0.2, -0.15) is 4.73 Å². The van der Waals surface area contributed by atoms with E-state index in [9.17, 15) is 18.4 Å². The second-order valence-corrected chi connectivity index (χ2v) is 12.0. The summed E-state index contributed by atoms with van der Waals surface area (Å²) in [6, 6.07) is 14.1. The van der Waals surface area contributed by atoms with E-state index in [4.69, 9.17) is 23.2 Å². The number of nitrogens with one attached hydrogen (secondary N) is 1. The zero-order chi connectivity index (χ0) is 25.5. The number of pyridine rings is 2. The molecule has 0 aliphatic rings. The Morgan fingerprint density at radius 3 is 2.40 bits per heavy atom. The van der Waals surface area contributed by atoms with Crippen LogP contribution in [0, 0.1) is 5.21 Å². The third-order valence-electron chi connectivity index (χ3n) is 5.96. The number of aromatic nitrogens is 2. The Balaban J connectivity index is 1.81. The predicted octanol–water partition coefficient (Wildman–Crippen LogP) is 5.37. The predicted molar refractivity (Wildman–Crippen MR) is 138 cm³/mol. The molecular weight excluding hydrogens is 509 g/mol. The van der Waals surface area contributed by atoms with Crippen LogP contribution in [0.2, 0.25) is 10.0 Å². The first-order valence-electron chi connectivity index (χ1n) is 10.5. The summed E-state index contributed by atoms with van der Waals surface area (Å²) >= 11 is 12.2. The molecule has 1 N–H and O–H groups in total. The molecule has 2 aromatic carbocycles. The number of nitrogens with zero attached hydrogens (tertiary/aromatic N) is 2. The molecule has 4 rings (SSSR count). The normalized spacial score (nSPS) is 12.0. The van der Waals surface area contributed by atoms with E-state index < -0.39 is 20.5 Å². The van der Waals surface area contributed by atoms with Gasteiger partial charge in [0.1, 0.15) is 10.0 Å². The Hall–Kier alpha value is -3.20. The summed E-state index contributed by atoms with van der Waals surface area (Å²) in [6.07, 6.45) is 5.04. The van der Waals surface area contributed by atoms with Crippen molar-refractivity contribution in [3.05, 3.63) is 93.5 Å². The monoisotopic (exact) mass is 529 g/mol. The van der Waals surface area contributed by atoms with Crippen molar-refractivity contribution in [3.8, 4) is 11.1 Å². The molecule has 7 nitrogen and oxygen atoms in total. The Kier molecular flexibility index (Phi) is 6.48. The molecule has 0 aliphatic carbocycles. The second kappa shape index (κ2) is 9.11. The second-order valence-electron chi connectivity index (χ2n) is 8.61. The standard InChI is InChI=1S/C25H21Cl2N3O4S/c1-25(2,35(3,33)34)18-11-16-8-5-9-28-22(16)19(12-18)15-6-4-7-17(10-15)24(31)29-23-20(26)13-30(32)14-21(23)27/h4-14H,1-3H3,(H,29,31). The minimum atomic E-state index is -3.42. The van der Waals surface area contributed by atoms with Crippen molar-refractivity contribution in [1.29, 1.82) is 0 Å². The third kappa shape index (κ3) is 4.82. The fourth-order valence-electron chi connectivity index (χ4n) is 3.61. The number of hydrogen-bond acceptors (Lipinski definition) is 5. The summed E-state index contributed by atoms with van der Waals surface area (Å²) < 4.78 is 24.3. The Bertz CT molecular complexity index is 1560. The maximum Gasteiger partial charge on any atom is 0.255 e. The highest BCUT2D eigenvalue weighted by molar-refractivity contribution is 7.91. The van der Waals surface area contributed by atoms with Crippen LogP contribution >= 0.6 is 23.2 Å². The molecule has 0 unspecified atom stereocenters. The molecule has 0 spiro atoms. The number of fused-ring (bicyclic) bond motifs is 1. The molecule has 180 valence electrons. The zero-order valence-electron chi connectivity index (χ0n) is 19.0. The van der Waals surface area contributed by atoms with Gasteiger partial charge in [0.25, 0.3) is 5.91 Å². The highest BCUT2D eigenvalue weighted by Crippen LogP contribution is 2.36. The van der Waals surface area contributed by atoms with Crippen LogP contribution < -0.4 is 10.0 Å². The highest BCUT2D eigenvalue weighted by atomic mass is 35.5. The molecule has 0 bridgehead atoms. The van der Waals surface area contributed by atoms with Crippen molar-refractivity contribution in [1.82, 2.24) is 4.98 Å². The molecule has 0 saturated carbocycles. The largest absolute Gasteiger partial charge is 0.619 e. The van der Waals surface area contributed by atoms with Crippen LogP contribution in [0.1, 0.15) is 29.8 Å². The van der Waals surface area contributed by atoms with Gasteiger partial charge in [-0.3, -0.25) is 9.78 Å². The van der Waals surface area contributed by atoms with E-state index in [2.05, 4.69) is 10.3 Å². The zero-order valence-corrected chi connectivity index (χ0v) is 21.4. The third-order valence-corrected chi connectivity index (χ3v) is 8.62. The quantitative estimate of drug-likeness (QED) is 0.276. The molecule has 0 aliphatic heterocycles. The van der Waals surface area contributed by atoms with E-state index in [-0.39, 0.29) is 15.7 Å². The summed E-state index contributed by atoms with van der Waals surface area (Å²) in [7, 11) is -3.42. The summed E-state index contributed by atoms with van der Waals surface area (Å²) in [5.41, 5.74) is 3.08. The molecule has 10 heteroatoms. The van der Waals surface area contributed by atoms with Gasteiger partial charge in [-0.15, -0.1) is 0 Å². The van der Waals surface area contributed by atoms with E-state index in [0.29, 0.717) is 32.5 Å². The molecule has 1 amide bonds. The van der Waals surface area contributed by atoms with Gasteiger partial charge in [0.2, 0.25) is 12.4 Å². The van der Waals surface area contributed by atoms with E-state index in [0.717, 1.165) is 17.8 Å². The summed E-state index contributed by atoms with van der Waals surface area (Å²) in [5, 5.41) is 14.9. The molecular formula is C25H21Cl2N3O4S. The maximum absolute atomic E-state index is 13.0. The Morgan fingerprint density at radius 2 is 1.74 bits per heavy atom. The minimum absolute atomic E-state index is 0.00269. The fraction of sp³-hybridized carbons (Fsp3) is 0.160. The number of hydrogen-bond donors (Lipinski definition) is 1. The van der Waals surface area contributed by atoms with Gasteiger partial charge in [0.05, 0.1) is 16.0 Å². The lowest BCUT2D eigenvalue weighted by atomic mass is 9.93. The fourth-order valence-corrected chi connectivity index (χ4v) is 4.70. The van der Waals surface area contributed by atoms with Gasteiger partial charge >= 0.3 is 0 Å². The smallest absolute Gasteiger partial charge is 0.255 e. The van der Waals surface area contributed by atoms with E-state index in [1.54, 1.807) is 50.4 Å². The van der Waals surface area contributed by atoms with Gasteiger partial charge in [0, 0.05) is 29.0 Å². The average Bonchev–Trinajstić information content (AvgIpc) is 2.79. The van der Waals surface area contributed by atoms with Crippen molar-refractivity contribution < 1.29 is 17.9 Å². The molecule has 35 heavy (non-hydrogen) atoms. The first kappa shape index (κ1) is 24.9. The number of halogens is 2. The number of benzene rings is 2. The van der Waals surface area contributed by atoms with Gasteiger partial charge in [-0.1, -0.05) is 41.4 Å². The van der Waals surface area contributed by atoms with Gasteiger partial charge in [-0.05, 0) is 55.3 Å². The molecule has 0 saturated heterocycles. The van der Waals surface area contributed by atoms with Crippen LogP contribution in [-0.4, -0.2) is 25.6 Å². The van der Waals surface area contributed by atoms with Crippen molar-refractivity contribution in [2.45, 2.75) is 18.6 Å². The maximum atomic E-state index is 13.0. The molecule has 2 aromatic heterocycles. The molecule has 0 fully saturated rings. The summed E-state index contributed by atoms with van der Waals surface area (Å²) in [5.74, 6) is -0.482. The van der Waals surface area contributed by atoms with Crippen molar-refractivity contribution >= 4 is 55.5 Å². The Labute approximate surface area is 212 Å². The molecule has 4 aromatic rings. The summed E-state index contributed by atoms with van der Waals surface area (Å²) in [6.45, 7) is 3.32. The van der Waals surface area contributed by atoms with Crippen molar-refractivity contribution in [3.63, 3.8) is 0 Å². The van der Waals surface area contributed by atoms with Gasteiger partial charge in [-0.25, -0.2) is 8.42 Å². The first-order valence-corrected chi connectivity index (χ1v) is 13.1. The van der Waals surface area contributed by atoms with Crippen LogP contribution in [0.4, 0.5) is 5.69 Å². The number of carbonyl (C=O) groups is 1. The SMILES string of the molecule is CC(C)(c1cc(-c2cccc(C(=O)Nc3c(Cl)c[n+]([O-])cc3Cl)c2)c2ncccc2c1)S(C)(=O)=O. The van der Waals surface area contributed by atoms with Crippen molar-refractivity contribution in [2.24, 2.45) is 0 Å². The molecule has 0 radical (unpaired) electrons. The van der Waals surface area contributed by atoms with E-state index in [1.807, 2.05) is 18.2 Å². The number of anilines is 1. The molecule has 2 heterocycles. The number of amides is 1. The van der Waals surface area contributed by atoms with Crippen LogP contribution in [-0.2, 0) is 14.6 Å². The van der Waals surface area contributed by atoms with Gasteiger partial charge in [0.15, 0.2) is 9.84 Å². The lowest BCUT2D eigenvalue weighted by molar-refractivity contribution is -0.605. The van der Waals surface area contributed by atoms with Crippen molar-refractivity contribution in [2.75, 3.05) is 11.6 Å². The lowest BCUT2D eigenvalue weighted by Crippen LogP contribution is -2.28. The lowest BCUT2D eigenvalue weighted by Gasteiger charge is -2.24. The highest BCUT2D eigenvalue weighted by Gasteiger charge is 2.33.